The molecule has 0 bridgehead atoms. The van der Waals surface area contributed by atoms with Gasteiger partial charge >= 0.3 is 0 Å². The molecule has 2 atom stereocenters. The van der Waals surface area contributed by atoms with Crippen LogP contribution in [-0.4, -0.2) is 43.4 Å². The number of hydrogen-bond acceptors (Lipinski definition) is 1. The third-order valence-electron chi connectivity index (χ3n) is 2.00. The number of aliphatic hydroxyl groups excluding tert-OH is 1. The van der Waals surface area contributed by atoms with Crippen molar-refractivity contribution in [3.05, 3.63) is 0 Å². The normalized spacial score (nSPS) is 36.6. The minimum absolute atomic E-state index is 0.205. The SMILES string of the molecule is [NH3+][C@H]1C[NH2+]CC[NH2+]C[C@H]1O. The molecule has 1 saturated heterocycles. The van der Waals surface area contributed by atoms with Crippen LogP contribution in [-0.2, 0) is 0 Å². The Balaban J connectivity index is 2.28. The summed E-state index contributed by atoms with van der Waals surface area (Å²) in [7, 11) is 0. The van der Waals surface area contributed by atoms with Crippen LogP contribution in [0.5, 0.6) is 0 Å². The van der Waals surface area contributed by atoms with Crippen molar-refractivity contribution in [2.75, 3.05) is 26.2 Å². The molecule has 8 N–H and O–H groups in total. The zero-order valence-corrected chi connectivity index (χ0v) is 6.29. The van der Waals surface area contributed by atoms with E-state index in [1.807, 2.05) is 0 Å². The van der Waals surface area contributed by atoms with Gasteiger partial charge in [-0.25, -0.2) is 0 Å². The maximum absolute atomic E-state index is 9.37. The second-order valence-corrected chi connectivity index (χ2v) is 2.95. The monoisotopic (exact) mass is 148 g/mol. The van der Waals surface area contributed by atoms with Crippen molar-refractivity contribution in [3.8, 4) is 0 Å². The summed E-state index contributed by atoms with van der Waals surface area (Å²) in [6.07, 6.45) is -0.212. The standard InChI is InChI=1S/C6H15N3O/c7-5-3-8-1-2-9-4-6(5)10/h5-6,8-10H,1-4,7H2/p+3/t5-,6+/m0/s1. The molecule has 0 aromatic carbocycles. The van der Waals surface area contributed by atoms with Gasteiger partial charge in [-0.1, -0.05) is 0 Å². The van der Waals surface area contributed by atoms with E-state index in [2.05, 4.69) is 16.4 Å². The van der Waals surface area contributed by atoms with Crippen molar-refractivity contribution in [3.63, 3.8) is 0 Å². The Morgan fingerprint density at radius 1 is 1.20 bits per heavy atom. The maximum Gasteiger partial charge on any atom is 0.166 e. The molecule has 0 aliphatic carbocycles. The van der Waals surface area contributed by atoms with Crippen LogP contribution in [0.3, 0.4) is 0 Å². The molecule has 1 heterocycles. The fraction of sp³-hybridized carbons (Fsp3) is 1.00. The number of hydrogen-bond donors (Lipinski definition) is 4. The van der Waals surface area contributed by atoms with E-state index in [1.165, 1.54) is 0 Å². The van der Waals surface area contributed by atoms with E-state index >= 15 is 0 Å². The van der Waals surface area contributed by atoms with Gasteiger partial charge in [0.05, 0.1) is 0 Å². The lowest BCUT2D eigenvalue weighted by Crippen LogP contribution is -3.02. The van der Waals surface area contributed by atoms with Crippen LogP contribution in [0.25, 0.3) is 0 Å². The summed E-state index contributed by atoms with van der Waals surface area (Å²) in [6, 6.07) is 0.205. The third-order valence-corrected chi connectivity index (χ3v) is 2.00. The Bertz CT molecular complexity index is 87.0. The second-order valence-electron chi connectivity index (χ2n) is 2.95. The van der Waals surface area contributed by atoms with Gasteiger partial charge < -0.3 is 21.5 Å². The highest BCUT2D eigenvalue weighted by molar-refractivity contribution is 4.61. The lowest BCUT2D eigenvalue weighted by Gasteiger charge is -2.16. The van der Waals surface area contributed by atoms with Gasteiger partial charge in [-0.2, -0.15) is 0 Å². The number of rotatable bonds is 0. The first kappa shape index (κ1) is 7.94. The molecule has 0 radical (unpaired) electrons. The lowest BCUT2D eigenvalue weighted by atomic mass is 10.1. The van der Waals surface area contributed by atoms with E-state index in [0.29, 0.717) is 0 Å². The maximum atomic E-state index is 9.37. The average molecular weight is 148 g/mol. The zero-order valence-electron chi connectivity index (χ0n) is 6.29. The Morgan fingerprint density at radius 3 is 2.50 bits per heavy atom. The molecular formula is C6H18N3O+3. The highest BCUT2D eigenvalue weighted by atomic mass is 16.3. The predicted octanol–water partition coefficient (Wildman–Crippen LogP) is -4.90. The van der Waals surface area contributed by atoms with Gasteiger partial charge in [-0.3, -0.25) is 0 Å². The van der Waals surface area contributed by atoms with Crippen molar-refractivity contribution in [2.24, 2.45) is 0 Å². The summed E-state index contributed by atoms with van der Waals surface area (Å²) >= 11 is 0. The Morgan fingerprint density at radius 2 is 1.80 bits per heavy atom. The number of quaternary nitrogens is 3. The molecule has 1 rings (SSSR count). The van der Waals surface area contributed by atoms with Crippen LogP contribution >= 0.6 is 0 Å². The molecule has 60 valence electrons. The van der Waals surface area contributed by atoms with Crippen LogP contribution in [0.15, 0.2) is 0 Å². The van der Waals surface area contributed by atoms with Crippen LogP contribution in [0.1, 0.15) is 0 Å². The molecule has 0 spiro atoms. The van der Waals surface area contributed by atoms with Crippen LogP contribution < -0.4 is 16.4 Å². The van der Waals surface area contributed by atoms with Gasteiger partial charge in [0, 0.05) is 0 Å². The average Bonchev–Trinajstić information content (AvgIpc) is 1.92. The van der Waals surface area contributed by atoms with Crippen LogP contribution in [0.4, 0.5) is 0 Å². The first-order valence-electron chi connectivity index (χ1n) is 3.95. The smallest absolute Gasteiger partial charge is 0.166 e. The molecular weight excluding hydrogens is 130 g/mol. The summed E-state index contributed by atoms with van der Waals surface area (Å²) in [5.74, 6) is 0. The van der Waals surface area contributed by atoms with E-state index in [9.17, 15) is 5.11 Å². The summed E-state index contributed by atoms with van der Waals surface area (Å²) in [5.41, 5.74) is 3.88. The van der Waals surface area contributed by atoms with Gasteiger partial charge in [0.15, 0.2) is 12.1 Å². The van der Waals surface area contributed by atoms with E-state index in [-0.39, 0.29) is 12.1 Å². The topological polar surface area (TPSA) is 81.1 Å². The molecule has 0 unspecified atom stereocenters. The minimum Gasteiger partial charge on any atom is -0.381 e. The molecule has 0 saturated carbocycles. The Labute approximate surface area is 60.8 Å². The van der Waals surface area contributed by atoms with E-state index in [1.54, 1.807) is 0 Å². The van der Waals surface area contributed by atoms with E-state index in [4.69, 9.17) is 0 Å². The van der Waals surface area contributed by atoms with Gasteiger partial charge in [0.2, 0.25) is 0 Å². The van der Waals surface area contributed by atoms with Crippen molar-refractivity contribution in [2.45, 2.75) is 12.1 Å². The lowest BCUT2D eigenvalue weighted by molar-refractivity contribution is -0.753. The second kappa shape index (κ2) is 3.88. The van der Waals surface area contributed by atoms with E-state index < -0.39 is 0 Å². The van der Waals surface area contributed by atoms with Crippen molar-refractivity contribution in [1.82, 2.24) is 0 Å². The van der Waals surface area contributed by atoms with E-state index in [0.717, 1.165) is 26.2 Å². The summed E-state index contributed by atoms with van der Waals surface area (Å²) in [4.78, 5) is 0. The van der Waals surface area contributed by atoms with Crippen molar-refractivity contribution >= 4 is 0 Å². The van der Waals surface area contributed by atoms with Crippen LogP contribution in [0, 0.1) is 0 Å². The molecule has 1 aliphatic heterocycles. The van der Waals surface area contributed by atoms with Gasteiger partial charge in [0.1, 0.15) is 26.2 Å². The van der Waals surface area contributed by atoms with Gasteiger partial charge in [-0.05, 0) is 0 Å². The molecule has 0 aromatic rings. The van der Waals surface area contributed by atoms with Crippen molar-refractivity contribution in [1.29, 1.82) is 0 Å². The number of nitrogens with two attached hydrogens (primary N) is 2. The molecule has 10 heavy (non-hydrogen) atoms. The minimum atomic E-state index is -0.212. The predicted molar refractivity (Wildman–Crippen MR) is 36.0 cm³/mol. The quantitative estimate of drug-likeness (QED) is 0.273. The Kier molecular flexibility index (Phi) is 3.08. The third kappa shape index (κ3) is 2.22. The van der Waals surface area contributed by atoms with Gasteiger partial charge in [-0.15, -0.1) is 0 Å². The molecule has 0 amide bonds. The highest BCUT2D eigenvalue weighted by Gasteiger charge is 2.23. The first-order valence-corrected chi connectivity index (χ1v) is 3.95. The number of aliphatic hydroxyl groups is 1. The summed E-state index contributed by atoms with van der Waals surface area (Å²) in [6.45, 7) is 4.06. The zero-order chi connectivity index (χ0) is 7.40. The van der Waals surface area contributed by atoms with Crippen LogP contribution in [0.2, 0.25) is 0 Å². The molecule has 4 nitrogen and oxygen atoms in total. The Hall–Kier alpha value is -0.160. The molecule has 4 heteroatoms. The summed E-state index contributed by atoms with van der Waals surface area (Å²) < 4.78 is 0. The molecule has 1 fully saturated rings. The largest absolute Gasteiger partial charge is 0.381 e. The van der Waals surface area contributed by atoms with Crippen molar-refractivity contribution < 1.29 is 21.5 Å². The fourth-order valence-electron chi connectivity index (χ4n) is 1.21. The highest BCUT2D eigenvalue weighted by Crippen LogP contribution is 1.79. The van der Waals surface area contributed by atoms with Gasteiger partial charge in [0.25, 0.3) is 0 Å². The molecule has 0 aromatic heterocycles. The summed E-state index contributed by atoms with van der Waals surface area (Å²) in [5, 5.41) is 13.7. The fourth-order valence-corrected chi connectivity index (χ4v) is 1.21. The first-order chi connectivity index (χ1) is 4.80. The molecule has 1 aliphatic rings.